The minimum Gasteiger partial charge on any atom is -0.494 e. The second-order valence-electron chi connectivity index (χ2n) is 6.96. The lowest BCUT2D eigenvalue weighted by Crippen LogP contribution is -2.39. The molecule has 1 aromatic heterocycles. The Kier molecular flexibility index (Phi) is 4.65. The Morgan fingerprint density at radius 3 is 2.77 bits per heavy atom. The number of anilines is 1. The third-order valence-corrected chi connectivity index (χ3v) is 5.35. The zero-order valence-electron chi connectivity index (χ0n) is 15.2. The number of nitrogens with zero attached hydrogens (tertiary/aromatic N) is 2. The average molecular weight is 347 g/mol. The number of para-hydroxylation sites is 1. The first-order chi connectivity index (χ1) is 12.8. The van der Waals surface area contributed by atoms with Crippen molar-refractivity contribution in [2.45, 2.75) is 38.6 Å². The molecule has 4 nitrogen and oxygen atoms in total. The SMILES string of the molecule is CCC1CCCCN1c1ccc(N=Cc2c(O)[nH]c3ccccc23)cc1. The Bertz CT molecular complexity index is 911. The van der Waals surface area contributed by atoms with Gasteiger partial charge in [0.25, 0.3) is 0 Å². The predicted molar refractivity (Wildman–Crippen MR) is 109 cm³/mol. The zero-order valence-corrected chi connectivity index (χ0v) is 15.2. The topological polar surface area (TPSA) is 51.6 Å². The van der Waals surface area contributed by atoms with Gasteiger partial charge in [-0.3, -0.25) is 4.99 Å². The van der Waals surface area contributed by atoms with Gasteiger partial charge in [-0.15, -0.1) is 0 Å². The molecule has 2 N–H and O–H groups in total. The molecule has 134 valence electrons. The Morgan fingerprint density at radius 2 is 1.96 bits per heavy atom. The summed E-state index contributed by atoms with van der Waals surface area (Å²) in [5.74, 6) is 0.158. The smallest absolute Gasteiger partial charge is 0.198 e. The van der Waals surface area contributed by atoms with E-state index in [0.717, 1.165) is 28.7 Å². The summed E-state index contributed by atoms with van der Waals surface area (Å²) in [5, 5.41) is 11.1. The number of aromatic amines is 1. The van der Waals surface area contributed by atoms with Crippen LogP contribution in [0.25, 0.3) is 10.9 Å². The van der Waals surface area contributed by atoms with E-state index in [2.05, 4.69) is 46.1 Å². The summed E-state index contributed by atoms with van der Waals surface area (Å²) in [5.41, 5.74) is 3.82. The van der Waals surface area contributed by atoms with Gasteiger partial charge in [0.15, 0.2) is 5.88 Å². The second-order valence-corrected chi connectivity index (χ2v) is 6.96. The van der Waals surface area contributed by atoms with Crippen LogP contribution in [0.3, 0.4) is 0 Å². The maximum atomic E-state index is 10.1. The minimum absolute atomic E-state index is 0.158. The first-order valence-corrected chi connectivity index (χ1v) is 9.46. The van der Waals surface area contributed by atoms with Gasteiger partial charge in [0.2, 0.25) is 0 Å². The fraction of sp³-hybridized carbons (Fsp3) is 0.318. The average Bonchev–Trinajstić information content (AvgIpc) is 3.02. The van der Waals surface area contributed by atoms with Crippen molar-refractivity contribution in [3.05, 3.63) is 54.1 Å². The van der Waals surface area contributed by atoms with Crippen LogP contribution in [-0.4, -0.2) is 28.9 Å². The molecule has 0 radical (unpaired) electrons. The highest BCUT2D eigenvalue weighted by Crippen LogP contribution is 2.29. The van der Waals surface area contributed by atoms with Crippen LogP contribution in [0.5, 0.6) is 5.88 Å². The molecule has 0 saturated carbocycles. The van der Waals surface area contributed by atoms with Crippen LogP contribution in [0.1, 0.15) is 38.2 Å². The van der Waals surface area contributed by atoms with Crippen molar-refractivity contribution in [2.24, 2.45) is 4.99 Å². The standard InChI is InChI=1S/C22H25N3O/c1-2-17-7-5-6-14-25(17)18-12-10-16(11-13-18)23-15-20-19-8-3-4-9-21(19)24-22(20)26/h3-4,8-13,15,17,24,26H,2,5-7,14H2,1H3. The molecule has 2 heterocycles. The number of H-pyrrole nitrogens is 1. The third kappa shape index (κ3) is 3.19. The molecule has 26 heavy (non-hydrogen) atoms. The third-order valence-electron chi connectivity index (χ3n) is 5.35. The van der Waals surface area contributed by atoms with Gasteiger partial charge < -0.3 is 15.0 Å². The highest BCUT2D eigenvalue weighted by molar-refractivity contribution is 6.02. The number of piperidine rings is 1. The zero-order chi connectivity index (χ0) is 17.9. The maximum Gasteiger partial charge on any atom is 0.198 e. The number of aromatic hydroxyl groups is 1. The van der Waals surface area contributed by atoms with E-state index in [0.29, 0.717) is 6.04 Å². The molecule has 1 fully saturated rings. The summed E-state index contributed by atoms with van der Waals surface area (Å²) in [6.07, 6.45) is 6.83. The molecule has 2 aromatic carbocycles. The lowest BCUT2D eigenvalue weighted by Gasteiger charge is -2.37. The highest BCUT2D eigenvalue weighted by atomic mass is 16.3. The largest absolute Gasteiger partial charge is 0.494 e. The van der Waals surface area contributed by atoms with Crippen LogP contribution in [-0.2, 0) is 0 Å². The molecule has 1 saturated heterocycles. The Labute approximate surface area is 154 Å². The number of nitrogens with one attached hydrogen (secondary N) is 1. The summed E-state index contributed by atoms with van der Waals surface area (Å²) in [6.45, 7) is 3.42. The van der Waals surface area contributed by atoms with E-state index in [4.69, 9.17) is 0 Å². The van der Waals surface area contributed by atoms with Crippen LogP contribution in [0.4, 0.5) is 11.4 Å². The number of hydrogen-bond acceptors (Lipinski definition) is 3. The molecule has 1 aliphatic rings. The van der Waals surface area contributed by atoms with Gasteiger partial charge in [-0.05, 0) is 56.0 Å². The minimum atomic E-state index is 0.158. The van der Waals surface area contributed by atoms with Crippen molar-refractivity contribution in [2.75, 3.05) is 11.4 Å². The fourth-order valence-corrected chi connectivity index (χ4v) is 3.91. The van der Waals surface area contributed by atoms with Crippen molar-refractivity contribution in [1.29, 1.82) is 0 Å². The number of aliphatic imine (C=N–C) groups is 1. The second kappa shape index (κ2) is 7.24. The van der Waals surface area contributed by atoms with Crippen LogP contribution in [0.15, 0.2) is 53.5 Å². The van der Waals surface area contributed by atoms with Crippen LogP contribution in [0, 0.1) is 0 Å². The van der Waals surface area contributed by atoms with Gasteiger partial charge in [0.05, 0.1) is 11.3 Å². The summed E-state index contributed by atoms with van der Waals surface area (Å²) >= 11 is 0. The monoisotopic (exact) mass is 347 g/mol. The van der Waals surface area contributed by atoms with Crippen molar-refractivity contribution in [1.82, 2.24) is 4.98 Å². The van der Waals surface area contributed by atoms with E-state index >= 15 is 0 Å². The highest BCUT2D eigenvalue weighted by Gasteiger charge is 2.20. The normalized spacial score (nSPS) is 18.0. The first-order valence-electron chi connectivity index (χ1n) is 9.46. The number of hydrogen-bond donors (Lipinski definition) is 2. The van der Waals surface area contributed by atoms with Gasteiger partial charge in [-0.25, -0.2) is 0 Å². The molecule has 0 amide bonds. The van der Waals surface area contributed by atoms with Crippen molar-refractivity contribution in [3.8, 4) is 5.88 Å². The van der Waals surface area contributed by atoms with E-state index in [1.54, 1.807) is 6.21 Å². The summed E-state index contributed by atoms with van der Waals surface area (Å²) < 4.78 is 0. The molecule has 3 aromatic rings. The van der Waals surface area contributed by atoms with Crippen molar-refractivity contribution >= 4 is 28.5 Å². The van der Waals surface area contributed by atoms with E-state index in [-0.39, 0.29) is 5.88 Å². The number of fused-ring (bicyclic) bond motifs is 1. The van der Waals surface area contributed by atoms with E-state index in [1.165, 1.54) is 31.4 Å². The predicted octanol–water partition coefficient (Wildman–Crippen LogP) is 5.39. The number of benzene rings is 2. The van der Waals surface area contributed by atoms with E-state index in [1.807, 2.05) is 24.3 Å². The molecule has 4 rings (SSSR count). The van der Waals surface area contributed by atoms with Gasteiger partial charge in [0, 0.05) is 35.4 Å². The van der Waals surface area contributed by atoms with Gasteiger partial charge in [-0.2, -0.15) is 0 Å². The van der Waals surface area contributed by atoms with E-state index in [9.17, 15) is 5.11 Å². The molecule has 4 heteroatoms. The lowest BCUT2D eigenvalue weighted by molar-refractivity contribution is 0.450. The Morgan fingerprint density at radius 1 is 1.15 bits per heavy atom. The van der Waals surface area contributed by atoms with Gasteiger partial charge in [0.1, 0.15) is 0 Å². The number of aromatic nitrogens is 1. The summed E-state index contributed by atoms with van der Waals surface area (Å²) in [4.78, 5) is 10.1. The first kappa shape index (κ1) is 16.7. The van der Waals surface area contributed by atoms with Gasteiger partial charge >= 0.3 is 0 Å². The summed E-state index contributed by atoms with van der Waals surface area (Å²) in [6, 6.07) is 16.9. The quantitative estimate of drug-likeness (QED) is 0.621. The molecule has 0 spiro atoms. The fourth-order valence-electron chi connectivity index (χ4n) is 3.91. The van der Waals surface area contributed by atoms with Crippen molar-refractivity contribution < 1.29 is 5.11 Å². The molecule has 0 bridgehead atoms. The van der Waals surface area contributed by atoms with Crippen LogP contribution >= 0.6 is 0 Å². The number of rotatable bonds is 4. The van der Waals surface area contributed by atoms with Crippen molar-refractivity contribution in [3.63, 3.8) is 0 Å². The summed E-state index contributed by atoms with van der Waals surface area (Å²) in [7, 11) is 0. The van der Waals surface area contributed by atoms with Crippen LogP contribution in [0.2, 0.25) is 0 Å². The maximum absolute atomic E-state index is 10.1. The van der Waals surface area contributed by atoms with Crippen LogP contribution < -0.4 is 4.90 Å². The van der Waals surface area contributed by atoms with Gasteiger partial charge in [-0.1, -0.05) is 25.1 Å². The Hall–Kier alpha value is -2.75. The Balaban J connectivity index is 1.55. The lowest BCUT2D eigenvalue weighted by atomic mass is 9.99. The molecule has 1 unspecified atom stereocenters. The molecule has 1 aliphatic heterocycles. The molecular weight excluding hydrogens is 322 g/mol. The molecule has 1 atom stereocenters. The molecule has 0 aliphatic carbocycles. The van der Waals surface area contributed by atoms with E-state index < -0.39 is 0 Å². The molecular formula is C22H25N3O.